The van der Waals surface area contributed by atoms with Gasteiger partial charge in [-0.1, -0.05) is 73.5 Å². The van der Waals surface area contributed by atoms with Crippen LogP contribution in [0.2, 0.25) is 0 Å². The van der Waals surface area contributed by atoms with Crippen LogP contribution >= 0.6 is 0 Å². The smallest absolute Gasteiger partial charge is 0.0909 e. The van der Waals surface area contributed by atoms with Crippen molar-refractivity contribution in [2.24, 2.45) is 9.98 Å². The van der Waals surface area contributed by atoms with Crippen molar-refractivity contribution < 1.29 is 0 Å². The van der Waals surface area contributed by atoms with Crippen molar-refractivity contribution >= 4 is 11.4 Å². The van der Waals surface area contributed by atoms with Gasteiger partial charge in [0.05, 0.1) is 23.5 Å². The lowest BCUT2D eigenvalue weighted by atomic mass is 9.87. The third kappa shape index (κ3) is 2.50. The molecule has 1 fully saturated rings. The van der Waals surface area contributed by atoms with Gasteiger partial charge >= 0.3 is 0 Å². The number of nitrogens with zero attached hydrogens (tertiary/aromatic N) is 2. The fraction of sp³-hybridized carbons (Fsp3) is 0.300. The monoisotopic (exact) mass is 288 g/mol. The molecule has 2 heteroatoms. The summed E-state index contributed by atoms with van der Waals surface area (Å²) in [6.07, 6.45) is 4.91. The van der Waals surface area contributed by atoms with E-state index in [2.05, 4.69) is 60.7 Å². The summed E-state index contributed by atoms with van der Waals surface area (Å²) in [7, 11) is 0. The number of benzene rings is 2. The molecule has 2 aliphatic rings. The molecule has 1 aliphatic heterocycles. The van der Waals surface area contributed by atoms with Gasteiger partial charge in [-0.05, 0) is 12.8 Å². The third-order valence-corrected chi connectivity index (χ3v) is 4.60. The lowest BCUT2D eigenvalue weighted by Gasteiger charge is -2.31. The van der Waals surface area contributed by atoms with Crippen LogP contribution in [-0.4, -0.2) is 23.5 Å². The number of hydrogen-bond donors (Lipinski definition) is 0. The summed E-state index contributed by atoms with van der Waals surface area (Å²) in [5.41, 5.74) is 4.48. The molecule has 1 heterocycles. The lowest BCUT2D eigenvalue weighted by Crippen LogP contribution is -2.36. The topological polar surface area (TPSA) is 24.7 Å². The summed E-state index contributed by atoms with van der Waals surface area (Å²) < 4.78 is 0. The van der Waals surface area contributed by atoms with Gasteiger partial charge in [0.15, 0.2) is 0 Å². The van der Waals surface area contributed by atoms with Crippen LogP contribution in [-0.2, 0) is 0 Å². The molecule has 1 saturated carbocycles. The summed E-state index contributed by atoms with van der Waals surface area (Å²) in [6, 6.07) is 21.7. The van der Waals surface area contributed by atoms with E-state index in [0.29, 0.717) is 12.1 Å². The van der Waals surface area contributed by atoms with Crippen LogP contribution in [0.3, 0.4) is 0 Å². The van der Waals surface area contributed by atoms with Crippen molar-refractivity contribution in [2.75, 3.05) is 0 Å². The summed E-state index contributed by atoms with van der Waals surface area (Å²) in [5.74, 6) is 0. The van der Waals surface area contributed by atoms with Crippen LogP contribution in [0.4, 0.5) is 0 Å². The Balaban J connectivity index is 1.81. The Labute approximate surface area is 131 Å². The first-order valence-electron chi connectivity index (χ1n) is 8.18. The molecule has 0 unspecified atom stereocenters. The van der Waals surface area contributed by atoms with Crippen LogP contribution in [0.15, 0.2) is 70.6 Å². The van der Waals surface area contributed by atoms with Gasteiger partial charge in [0, 0.05) is 11.1 Å². The zero-order valence-electron chi connectivity index (χ0n) is 12.7. The molecule has 110 valence electrons. The van der Waals surface area contributed by atoms with E-state index in [1.165, 1.54) is 36.8 Å². The van der Waals surface area contributed by atoms with Gasteiger partial charge in [0.25, 0.3) is 0 Å². The van der Waals surface area contributed by atoms with E-state index in [1.54, 1.807) is 0 Å². The highest BCUT2D eigenvalue weighted by molar-refractivity contribution is 6.53. The van der Waals surface area contributed by atoms with E-state index in [1.807, 2.05) is 0 Å². The van der Waals surface area contributed by atoms with Crippen LogP contribution in [0.5, 0.6) is 0 Å². The summed E-state index contributed by atoms with van der Waals surface area (Å²) in [6.45, 7) is 0. The molecule has 0 spiro atoms. The van der Waals surface area contributed by atoms with Crippen molar-refractivity contribution in [1.82, 2.24) is 0 Å². The fourth-order valence-corrected chi connectivity index (χ4v) is 3.46. The van der Waals surface area contributed by atoms with E-state index < -0.39 is 0 Å². The molecule has 0 aromatic heterocycles. The van der Waals surface area contributed by atoms with E-state index in [4.69, 9.17) is 9.98 Å². The van der Waals surface area contributed by atoms with E-state index in [0.717, 1.165) is 11.4 Å². The normalized spacial score (nSPS) is 24.2. The van der Waals surface area contributed by atoms with Gasteiger partial charge in [0.1, 0.15) is 0 Å². The van der Waals surface area contributed by atoms with Crippen LogP contribution in [0.25, 0.3) is 0 Å². The minimum Gasteiger partial charge on any atom is -0.277 e. The maximum Gasteiger partial charge on any atom is 0.0909 e. The molecule has 2 aromatic rings. The maximum atomic E-state index is 5.12. The molecular weight excluding hydrogens is 268 g/mol. The zero-order chi connectivity index (χ0) is 14.8. The molecular formula is C20H20N2. The first-order chi connectivity index (χ1) is 10.9. The summed E-state index contributed by atoms with van der Waals surface area (Å²) >= 11 is 0. The van der Waals surface area contributed by atoms with Gasteiger partial charge in [-0.3, -0.25) is 9.98 Å². The molecule has 0 bridgehead atoms. The molecule has 1 aliphatic carbocycles. The first kappa shape index (κ1) is 13.4. The third-order valence-electron chi connectivity index (χ3n) is 4.60. The second kappa shape index (κ2) is 5.88. The SMILES string of the molecule is c1ccc(C2=N[C@H]3CCCC[C@H]3N=C2c2ccccc2)cc1. The zero-order valence-corrected chi connectivity index (χ0v) is 12.7. The maximum absolute atomic E-state index is 5.12. The van der Waals surface area contributed by atoms with Gasteiger partial charge in [0.2, 0.25) is 0 Å². The average molecular weight is 288 g/mol. The van der Waals surface area contributed by atoms with E-state index >= 15 is 0 Å². The quantitative estimate of drug-likeness (QED) is 0.787. The second-order valence-corrected chi connectivity index (χ2v) is 6.11. The van der Waals surface area contributed by atoms with Crippen molar-refractivity contribution in [2.45, 2.75) is 37.8 Å². The molecule has 2 aromatic carbocycles. The van der Waals surface area contributed by atoms with Gasteiger partial charge in [-0.15, -0.1) is 0 Å². The van der Waals surface area contributed by atoms with E-state index in [-0.39, 0.29) is 0 Å². The molecule has 0 saturated heterocycles. The fourth-order valence-electron chi connectivity index (χ4n) is 3.46. The average Bonchev–Trinajstić information content (AvgIpc) is 2.62. The highest BCUT2D eigenvalue weighted by Gasteiger charge is 2.30. The molecule has 0 N–H and O–H groups in total. The Morgan fingerprint density at radius 2 is 1.00 bits per heavy atom. The number of rotatable bonds is 2. The molecule has 2 nitrogen and oxygen atoms in total. The largest absolute Gasteiger partial charge is 0.277 e. The Morgan fingerprint density at radius 3 is 1.41 bits per heavy atom. The number of hydrogen-bond acceptors (Lipinski definition) is 2. The predicted molar refractivity (Wildman–Crippen MR) is 92.0 cm³/mol. The van der Waals surface area contributed by atoms with Gasteiger partial charge in [-0.2, -0.15) is 0 Å². The van der Waals surface area contributed by atoms with Gasteiger partial charge in [-0.25, -0.2) is 0 Å². The molecule has 22 heavy (non-hydrogen) atoms. The lowest BCUT2D eigenvalue weighted by molar-refractivity contribution is 0.386. The van der Waals surface area contributed by atoms with Crippen LogP contribution < -0.4 is 0 Å². The number of fused-ring (bicyclic) bond motifs is 1. The second-order valence-electron chi connectivity index (χ2n) is 6.11. The minimum absolute atomic E-state index is 0.372. The summed E-state index contributed by atoms with van der Waals surface area (Å²) in [4.78, 5) is 10.2. The Bertz CT molecular complexity index is 638. The summed E-state index contributed by atoms with van der Waals surface area (Å²) in [5, 5.41) is 0. The number of aliphatic imine (C=N–C) groups is 2. The predicted octanol–water partition coefficient (Wildman–Crippen LogP) is 4.29. The molecule has 4 rings (SSSR count). The molecule has 0 radical (unpaired) electrons. The Kier molecular flexibility index (Phi) is 3.59. The molecule has 0 amide bonds. The van der Waals surface area contributed by atoms with Crippen LogP contribution in [0, 0.1) is 0 Å². The highest BCUT2D eigenvalue weighted by Crippen LogP contribution is 2.29. The van der Waals surface area contributed by atoms with Crippen molar-refractivity contribution in [3.05, 3.63) is 71.8 Å². The van der Waals surface area contributed by atoms with E-state index in [9.17, 15) is 0 Å². The Morgan fingerprint density at radius 1 is 0.591 bits per heavy atom. The minimum atomic E-state index is 0.372. The van der Waals surface area contributed by atoms with Crippen molar-refractivity contribution in [3.63, 3.8) is 0 Å². The standard InChI is InChI=1S/C20H20N2/c1-3-9-15(10-4-1)19-20(16-11-5-2-6-12-16)22-18-14-8-7-13-17(18)21-19/h1-6,9-12,17-18H,7-8,13-14H2/t17-,18+. The Hall–Kier alpha value is -2.22. The van der Waals surface area contributed by atoms with Crippen LogP contribution in [0.1, 0.15) is 36.8 Å². The van der Waals surface area contributed by atoms with Gasteiger partial charge < -0.3 is 0 Å². The van der Waals surface area contributed by atoms with Crippen molar-refractivity contribution in [3.8, 4) is 0 Å². The first-order valence-corrected chi connectivity index (χ1v) is 8.18. The van der Waals surface area contributed by atoms with Crippen molar-refractivity contribution in [1.29, 1.82) is 0 Å². The molecule has 2 atom stereocenters. The highest BCUT2D eigenvalue weighted by atomic mass is 15.0.